The van der Waals surface area contributed by atoms with Gasteiger partial charge in [-0.15, -0.1) is 23.5 Å². The van der Waals surface area contributed by atoms with Gasteiger partial charge in [-0.2, -0.15) is 10.2 Å². The van der Waals surface area contributed by atoms with Crippen molar-refractivity contribution < 1.29 is 24.2 Å². The summed E-state index contributed by atoms with van der Waals surface area (Å²) in [5, 5.41) is 23.5. The zero-order chi connectivity index (χ0) is 36.4. The van der Waals surface area contributed by atoms with E-state index in [-0.39, 0.29) is 24.7 Å². The minimum atomic E-state index is -0.475. The topological polar surface area (TPSA) is 113 Å². The van der Waals surface area contributed by atoms with E-state index in [2.05, 4.69) is 12.1 Å². The average molecular weight is 746 g/mol. The molecule has 0 amide bonds. The van der Waals surface area contributed by atoms with Gasteiger partial charge in [-0.1, -0.05) is 42.8 Å². The van der Waals surface area contributed by atoms with E-state index in [9.17, 15) is 14.7 Å². The second kappa shape index (κ2) is 15.5. The molecule has 0 aliphatic heterocycles. The first-order valence-electron chi connectivity index (χ1n) is 16.5. The van der Waals surface area contributed by atoms with Gasteiger partial charge in [-0.3, -0.25) is 14.2 Å². The predicted octanol–water partition coefficient (Wildman–Crippen LogP) is 8.23. The van der Waals surface area contributed by atoms with Crippen LogP contribution in [0.3, 0.4) is 0 Å². The van der Waals surface area contributed by atoms with Gasteiger partial charge in [0.25, 0.3) is 0 Å². The third-order valence-corrected chi connectivity index (χ3v) is 11.5. The van der Waals surface area contributed by atoms with Crippen LogP contribution in [0.2, 0.25) is 5.02 Å². The summed E-state index contributed by atoms with van der Waals surface area (Å²) in [6.45, 7) is 4.26. The van der Waals surface area contributed by atoms with E-state index in [1.807, 2.05) is 84.3 Å². The van der Waals surface area contributed by atoms with E-state index in [0.29, 0.717) is 34.4 Å². The molecule has 10 nitrogen and oxygen atoms in total. The molecule has 0 saturated carbocycles. The molecule has 13 heteroatoms. The largest absolute Gasteiger partial charge is 0.507 e. The Labute approximate surface area is 310 Å². The molecule has 0 bridgehead atoms. The number of rotatable bonds is 13. The predicted molar refractivity (Wildman–Crippen MR) is 205 cm³/mol. The molecule has 3 heterocycles. The van der Waals surface area contributed by atoms with Gasteiger partial charge in [-0.25, -0.2) is 4.79 Å². The number of carbonyl (C=O) groups excluding carboxylic acids is 2. The number of hydrogen-bond acceptors (Lipinski definition) is 9. The number of esters is 2. The number of hydrogen-bond donors (Lipinski definition) is 1. The Bertz CT molecular complexity index is 2270. The second-order valence-corrected chi connectivity index (χ2v) is 14.6. The molecule has 0 aliphatic carbocycles. The molecule has 0 radical (unpaired) electrons. The SMILES string of the molecule is CCc1c(C(=O)OC)n(CCC(=O)OC)c2ccc(Cl)c(-c3c(CSCc4cc(CSc5cc(O)c6ccccc6c5)n(C)n4)nn(C)c3C)c12. The fraction of sp³-hybridized carbons (Fsp3) is 0.316. The Kier molecular flexibility index (Phi) is 11.0. The highest BCUT2D eigenvalue weighted by Crippen LogP contribution is 2.44. The van der Waals surface area contributed by atoms with Crippen LogP contribution in [-0.4, -0.2) is 55.4 Å². The molecule has 0 spiro atoms. The lowest BCUT2D eigenvalue weighted by molar-refractivity contribution is -0.140. The quantitative estimate of drug-likeness (QED) is 0.0923. The maximum Gasteiger partial charge on any atom is 0.354 e. The minimum absolute atomic E-state index is 0.0974. The summed E-state index contributed by atoms with van der Waals surface area (Å²) < 4.78 is 15.7. The number of aryl methyl sites for hydroxylation is 4. The number of nitrogens with zero attached hydrogens (tertiary/aromatic N) is 5. The Morgan fingerprint density at radius 2 is 1.73 bits per heavy atom. The molecule has 3 aromatic heterocycles. The molecule has 51 heavy (non-hydrogen) atoms. The smallest absolute Gasteiger partial charge is 0.354 e. The number of methoxy groups -OCH3 is 2. The fourth-order valence-electron chi connectivity index (χ4n) is 6.59. The highest BCUT2D eigenvalue weighted by molar-refractivity contribution is 7.98. The second-order valence-electron chi connectivity index (χ2n) is 12.2. The van der Waals surface area contributed by atoms with Crippen LogP contribution in [-0.2, 0) is 58.6 Å². The Balaban J connectivity index is 1.26. The van der Waals surface area contributed by atoms with Gasteiger partial charge in [0.1, 0.15) is 11.4 Å². The summed E-state index contributed by atoms with van der Waals surface area (Å²) in [6, 6.07) is 17.6. The van der Waals surface area contributed by atoms with Gasteiger partial charge in [0.2, 0.25) is 0 Å². The lowest BCUT2D eigenvalue weighted by Gasteiger charge is -2.12. The van der Waals surface area contributed by atoms with Gasteiger partial charge in [0.05, 0.1) is 32.0 Å². The van der Waals surface area contributed by atoms with Crippen LogP contribution in [0.15, 0.2) is 59.5 Å². The number of ether oxygens (including phenoxy) is 2. The molecule has 0 saturated heterocycles. The van der Waals surface area contributed by atoms with Crippen LogP contribution in [0.1, 0.15) is 52.2 Å². The Hall–Kier alpha value is -4.39. The van der Waals surface area contributed by atoms with E-state index >= 15 is 0 Å². The van der Waals surface area contributed by atoms with Gasteiger partial charge >= 0.3 is 11.9 Å². The van der Waals surface area contributed by atoms with Gasteiger partial charge in [-0.05, 0) is 54.6 Å². The van der Waals surface area contributed by atoms with Crippen molar-refractivity contribution in [1.82, 2.24) is 24.1 Å². The average Bonchev–Trinajstić information content (AvgIpc) is 3.74. The summed E-state index contributed by atoms with van der Waals surface area (Å²) >= 11 is 10.4. The maximum absolute atomic E-state index is 13.2. The van der Waals surface area contributed by atoms with E-state index in [1.165, 1.54) is 14.2 Å². The van der Waals surface area contributed by atoms with E-state index in [1.54, 1.807) is 23.5 Å². The number of aromatic nitrogens is 5. The van der Waals surface area contributed by atoms with Crippen molar-refractivity contribution in [2.24, 2.45) is 14.1 Å². The van der Waals surface area contributed by atoms with Crippen molar-refractivity contribution >= 4 is 68.7 Å². The molecule has 0 unspecified atom stereocenters. The fourth-order valence-corrected chi connectivity index (χ4v) is 8.68. The van der Waals surface area contributed by atoms with Crippen LogP contribution in [0, 0.1) is 6.92 Å². The lowest BCUT2D eigenvalue weighted by atomic mass is 9.96. The van der Waals surface area contributed by atoms with Crippen molar-refractivity contribution in [3.05, 3.63) is 93.7 Å². The summed E-state index contributed by atoms with van der Waals surface area (Å²) in [6.07, 6.45) is 0.644. The molecule has 1 N–H and O–H groups in total. The first-order valence-corrected chi connectivity index (χ1v) is 19.0. The third-order valence-electron chi connectivity index (χ3n) is 9.15. The van der Waals surface area contributed by atoms with E-state index < -0.39 is 5.97 Å². The summed E-state index contributed by atoms with van der Waals surface area (Å²) in [5.74, 6) is 1.44. The molecule has 0 aliphatic rings. The van der Waals surface area contributed by atoms with E-state index in [0.717, 1.165) is 66.0 Å². The van der Waals surface area contributed by atoms with Crippen molar-refractivity contribution in [2.75, 3.05) is 14.2 Å². The molecule has 6 aromatic rings. The van der Waals surface area contributed by atoms with Crippen molar-refractivity contribution in [3.8, 4) is 16.9 Å². The number of thioether (sulfide) groups is 2. The van der Waals surface area contributed by atoms with Crippen molar-refractivity contribution in [1.29, 1.82) is 0 Å². The zero-order valence-electron chi connectivity index (χ0n) is 29.4. The van der Waals surface area contributed by atoms with Crippen LogP contribution in [0.4, 0.5) is 0 Å². The van der Waals surface area contributed by atoms with Crippen LogP contribution >= 0.6 is 35.1 Å². The van der Waals surface area contributed by atoms with Crippen LogP contribution in [0.25, 0.3) is 32.8 Å². The van der Waals surface area contributed by atoms with Crippen molar-refractivity contribution in [3.63, 3.8) is 0 Å². The highest BCUT2D eigenvalue weighted by Gasteiger charge is 2.29. The molecule has 0 atom stereocenters. The normalized spacial score (nSPS) is 11.5. The standard InChI is InChI=1S/C38H40ClN5O5S2/c1-7-27-35-31(44(15-14-33(46)48-5)37(27)38(47)49-6)13-12-29(39)36(35)34-22(2)42(3)41-30(34)21-50-19-24-17-25(43(4)40-24)20-51-26-16-23-10-8-9-11-28(23)32(45)18-26/h8-13,16-18,45H,7,14-15,19-21H2,1-6H3. The van der Waals surface area contributed by atoms with Gasteiger partial charge in [0, 0.05) is 86.6 Å². The zero-order valence-corrected chi connectivity index (χ0v) is 31.8. The molecule has 0 fully saturated rings. The highest BCUT2D eigenvalue weighted by atomic mass is 35.5. The molecule has 266 valence electrons. The van der Waals surface area contributed by atoms with Crippen LogP contribution in [0.5, 0.6) is 5.75 Å². The molecule has 3 aromatic carbocycles. The monoisotopic (exact) mass is 745 g/mol. The number of carbonyl (C=O) groups is 2. The lowest BCUT2D eigenvalue weighted by Crippen LogP contribution is -2.15. The van der Waals surface area contributed by atoms with Crippen LogP contribution < -0.4 is 0 Å². The summed E-state index contributed by atoms with van der Waals surface area (Å²) in [4.78, 5) is 26.4. The Morgan fingerprint density at radius 3 is 2.47 bits per heavy atom. The molecular formula is C38H40ClN5O5S2. The minimum Gasteiger partial charge on any atom is -0.507 e. The number of halogens is 1. The number of phenols is 1. The first-order chi connectivity index (χ1) is 24.6. The number of phenolic OH excluding ortho intramolecular Hbond substituents is 1. The number of aromatic hydroxyl groups is 1. The molecular weight excluding hydrogens is 706 g/mol. The Morgan fingerprint density at radius 1 is 0.941 bits per heavy atom. The van der Waals surface area contributed by atoms with E-state index in [4.69, 9.17) is 31.3 Å². The van der Waals surface area contributed by atoms with Gasteiger partial charge < -0.3 is 19.1 Å². The number of benzene rings is 3. The van der Waals surface area contributed by atoms with Gasteiger partial charge in [0.15, 0.2) is 0 Å². The summed E-state index contributed by atoms with van der Waals surface area (Å²) in [7, 11) is 6.58. The first kappa shape index (κ1) is 36.4. The summed E-state index contributed by atoms with van der Waals surface area (Å²) in [5.41, 5.74) is 7.60. The maximum atomic E-state index is 13.2. The molecule has 6 rings (SSSR count). The third kappa shape index (κ3) is 7.22. The number of fused-ring (bicyclic) bond motifs is 2. The van der Waals surface area contributed by atoms with Crippen molar-refractivity contribution in [2.45, 2.75) is 55.4 Å².